The lowest BCUT2D eigenvalue weighted by Gasteiger charge is -2.39. The highest BCUT2D eigenvalue weighted by molar-refractivity contribution is 7.09. The summed E-state index contributed by atoms with van der Waals surface area (Å²) in [6.45, 7) is 7.21. The Kier molecular flexibility index (Phi) is 5.11. The van der Waals surface area contributed by atoms with Crippen LogP contribution in [0.2, 0.25) is 0 Å². The molecule has 3 nitrogen and oxygen atoms in total. The highest BCUT2D eigenvalue weighted by atomic mass is 32.1. The van der Waals surface area contributed by atoms with E-state index in [1.807, 2.05) is 17.4 Å². The van der Waals surface area contributed by atoms with Gasteiger partial charge in [0.15, 0.2) is 0 Å². The van der Waals surface area contributed by atoms with Crippen LogP contribution in [0.1, 0.15) is 29.7 Å². The van der Waals surface area contributed by atoms with Crippen molar-refractivity contribution in [3.05, 3.63) is 52.2 Å². The molecule has 2 saturated heterocycles. The molecular weight excluding hydrogens is 328 g/mol. The number of thiophene rings is 1. The van der Waals surface area contributed by atoms with E-state index in [2.05, 4.69) is 45.5 Å². The Labute approximate surface area is 155 Å². The summed E-state index contributed by atoms with van der Waals surface area (Å²) in [5.74, 6) is 0.964. The first kappa shape index (κ1) is 17.1. The van der Waals surface area contributed by atoms with Gasteiger partial charge in [-0.15, -0.1) is 11.3 Å². The van der Waals surface area contributed by atoms with E-state index in [1.165, 1.54) is 55.9 Å². The fourth-order valence-electron chi connectivity index (χ4n) is 4.41. The monoisotopic (exact) mass is 356 g/mol. The van der Waals surface area contributed by atoms with Gasteiger partial charge >= 0.3 is 0 Å². The number of benzene rings is 1. The molecule has 134 valence electrons. The van der Waals surface area contributed by atoms with E-state index in [0.717, 1.165) is 18.8 Å². The van der Waals surface area contributed by atoms with Crippen molar-refractivity contribution in [3.8, 4) is 5.75 Å². The lowest BCUT2D eigenvalue weighted by molar-refractivity contribution is 0.102. The van der Waals surface area contributed by atoms with Crippen molar-refractivity contribution < 1.29 is 4.74 Å². The molecule has 0 N–H and O–H groups in total. The van der Waals surface area contributed by atoms with Gasteiger partial charge < -0.3 is 4.74 Å². The Bertz CT molecular complexity index is 677. The molecule has 0 bridgehead atoms. The molecule has 0 atom stereocenters. The third-order valence-electron chi connectivity index (χ3n) is 5.93. The van der Waals surface area contributed by atoms with Crippen molar-refractivity contribution in [2.45, 2.75) is 32.4 Å². The van der Waals surface area contributed by atoms with Crippen LogP contribution < -0.4 is 4.74 Å². The molecule has 2 aromatic rings. The summed E-state index contributed by atoms with van der Waals surface area (Å²) in [5, 5.41) is 2.19. The predicted octanol–water partition coefficient (Wildman–Crippen LogP) is 4.24. The quantitative estimate of drug-likeness (QED) is 0.797. The van der Waals surface area contributed by atoms with E-state index in [0.29, 0.717) is 5.41 Å². The third kappa shape index (κ3) is 4.08. The summed E-state index contributed by atoms with van der Waals surface area (Å²) in [6, 6.07) is 12.9. The Morgan fingerprint density at radius 1 is 1.00 bits per heavy atom. The first-order valence-corrected chi connectivity index (χ1v) is 10.2. The van der Waals surface area contributed by atoms with E-state index in [4.69, 9.17) is 4.74 Å². The van der Waals surface area contributed by atoms with E-state index in [9.17, 15) is 0 Å². The second kappa shape index (κ2) is 7.48. The van der Waals surface area contributed by atoms with Gasteiger partial charge in [0.1, 0.15) is 5.75 Å². The van der Waals surface area contributed by atoms with Crippen LogP contribution in [0, 0.1) is 5.41 Å². The molecule has 25 heavy (non-hydrogen) atoms. The van der Waals surface area contributed by atoms with Crippen LogP contribution in [0.5, 0.6) is 5.75 Å². The maximum Gasteiger partial charge on any atom is 0.119 e. The largest absolute Gasteiger partial charge is 0.497 e. The summed E-state index contributed by atoms with van der Waals surface area (Å²) >= 11 is 1.89. The Morgan fingerprint density at radius 2 is 1.80 bits per heavy atom. The van der Waals surface area contributed by atoms with E-state index in [-0.39, 0.29) is 0 Å². The average molecular weight is 357 g/mol. The van der Waals surface area contributed by atoms with Crippen LogP contribution in [-0.4, -0.2) is 43.1 Å². The molecule has 4 rings (SSSR count). The molecule has 0 radical (unpaired) electrons. The first-order valence-electron chi connectivity index (χ1n) is 9.35. The molecule has 0 unspecified atom stereocenters. The van der Waals surface area contributed by atoms with Gasteiger partial charge in [-0.05, 0) is 73.5 Å². The van der Waals surface area contributed by atoms with Crippen molar-refractivity contribution in [3.63, 3.8) is 0 Å². The molecule has 1 spiro atoms. The lowest BCUT2D eigenvalue weighted by Crippen LogP contribution is -2.41. The highest BCUT2D eigenvalue weighted by Gasteiger charge is 2.40. The number of hydrogen-bond donors (Lipinski definition) is 0. The van der Waals surface area contributed by atoms with Crippen molar-refractivity contribution >= 4 is 11.3 Å². The first-order chi connectivity index (χ1) is 12.2. The van der Waals surface area contributed by atoms with Gasteiger partial charge in [-0.1, -0.05) is 18.2 Å². The zero-order valence-corrected chi connectivity index (χ0v) is 15.9. The van der Waals surface area contributed by atoms with Crippen molar-refractivity contribution in [2.24, 2.45) is 5.41 Å². The zero-order chi connectivity index (χ0) is 17.1. The number of piperidine rings is 1. The lowest BCUT2D eigenvalue weighted by atomic mass is 9.77. The molecular formula is C21H28N2OS. The normalized spacial score (nSPS) is 21.0. The summed E-state index contributed by atoms with van der Waals surface area (Å²) in [6.07, 6.45) is 4.07. The fraction of sp³-hybridized carbons (Fsp3) is 0.524. The Morgan fingerprint density at radius 3 is 2.52 bits per heavy atom. The van der Waals surface area contributed by atoms with E-state index >= 15 is 0 Å². The summed E-state index contributed by atoms with van der Waals surface area (Å²) in [5.41, 5.74) is 1.93. The fourth-order valence-corrected chi connectivity index (χ4v) is 5.15. The number of methoxy groups -OCH3 is 1. The molecule has 3 heterocycles. The minimum absolute atomic E-state index is 0.572. The van der Waals surface area contributed by atoms with E-state index < -0.39 is 0 Å². The van der Waals surface area contributed by atoms with Crippen molar-refractivity contribution in [2.75, 3.05) is 33.3 Å². The van der Waals surface area contributed by atoms with Gasteiger partial charge in [0.05, 0.1) is 7.11 Å². The molecule has 1 aromatic heterocycles. The average Bonchev–Trinajstić information content (AvgIpc) is 3.28. The summed E-state index contributed by atoms with van der Waals surface area (Å²) in [7, 11) is 1.74. The predicted molar refractivity (Wildman–Crippen MR) is 104 cm³/mol. The van der Waals surface area contributed by atoms with Gasteiger partial charge in [-0.25, -0.2) is 0 Å². The van der Waals surface area contributed by atoms with Crippen LogP contribution in [0.25, 0.3) is 0 Å². The van der Waals surface area contributed by atoms with Crippen LogP contribution in [0.15, 0.2) is 41.8 Å². The minimum Gasteiger partial charge on any atom is -0.497 e. The van der Waals surface area contributed by atoms with Gasteiger partial charge in [0, 0.05) is 24.5 Å². The van der Waals surface area contributed by atoms with Crippen LogP contribution in [0.3, 0.4) is 0 Å². The molecule has 0 saturated carbocycles. The van der Waals surface area contributed by atoms with Gasteiger partial charge in [0.25, 0.3) is 0 Å². The minimum atomic E-state index is 0.572. The topological polar surface area (TPSA) is 15.7 Å². The number of nitrogens with zero attached hydrogens (tertiary/aromatic N) is 2. The van der Waals surface area contributed by atoms with Gasteiger partial charge in [0.2, 0.25) is 0 Å². The van der Waals surface area contributed by atoms with E-state index in [1.54, 1.807) is 7.11 Å². The van der Waals surface area contributed by atoms with Gasteiger partial charge in [-0.2, -0.15) is 0 Å². The molecule has 0 aliphatic carbocycles. The molecule has 2 aliphatic heterocycles. The Hall–Kier alpha value is -1.36. The molecule has 0 amide bonds. The van der Waals surface area contributed by atoms with Gasteiger partial charge in [-0.3, -0.25) is 9.80 Å². The molecule has 2 fully saturated rings. The van der Waals surface area contributed by atoms with Crippen LogP contribution in [-0.2, 0) is 13.1 Å². The van der Waals surface area contributed by atoms with Crippen LogP contribution in [0.4, 0.5) is 0 Å². The summed E-state index contributed by atoms with van der Waals surface area (Å²) in [4.78, 5) is 6.79. The molecule has 4 heteroatoms. The summed E-state index contributed by atoms with van der Waals surface area (Å²) < 4.78 is 5.35. The molecule has 1 aromatic carbocycles. The highest BCUT2D eigenvalue weighted by Crippen LogP contribution is 2.41. The maximum absolute atomic E-state index is 5.35. The Balaban J connectivity index is 1.29. The molecule has 2 aliphatic rings. The third-order valence-corrected chi connectivity index (χ3v) is 6.80. The number of hydrogen-bond acceptors (Lipinski definition) is 4. The zero-order valence-electron chi connectivity index (χ0n) is 15.1. The van der Waals surface area contributed by atoms with Crippen LogP contribution >= 0.6 is 11.3 Å². The smallest absolute Gasteiger partial charge is 0.119 e. The maximum atomic E-state index is 5.35. The SMILES string of the molecule is COc1cccc(CN2CCC3(CC2)CCN(Cc2cccs2)C3)c1. The number of rotatable bonds is 5. The van der Waals surface area contributed by atoms with Crippen molar-refractivity contribution in [1.29, 1.82) is 0 Å². The number of ether oxygens (including phenoxy) is 1. The second-order valence-corrected chi connectivity index (χ2v) is 8.70. The number of likely N-dealkylation sites (tertiary alicyclic amines) is 2. The standard InChI is InChI=1S/C21H28N2OS/c1-24-19-5-2-4-18(14-19)15-22-10-7-21(8-11-22)9-12-23(17-21)16-20-6-3-13-25-20/h2-6,13-14H,7-12,15-17H2,1H3. The van der Waals surface area contributed by atoms with Crippen molar-refractivity contribution in [1.82, 2.24) is 9.80 Å². The second-order valence-electron chi connectivity index (χ2n) is 7.67.